The molecule has 3 rings (SSSR count). The highest BCUT2D eigenvalue weighted by molar-refractivity contribution is 5.86. The van der Waals surface area contributed by atoms with E-state index in [2.05, 4.69) is 4.98 Å². The minimum absolute atomic E-state index is 0.0771. The lowest BCUT2D eigenvalue weighted by atomic mass is 10.1. The monoisotopic (exact) mass is 384 g/mol. The minimum atomic E-state index is -4.69. The summed E-state index contributed by atoms with van der Waals surface area (Å²) in [6.45, 7) is 1.49. The first kappa shape index (κ1) is 18.7. The molecule has 0 radical (unpaired) electrons. The number of carbonyl (C=O) groups is 2. The molecule has 0 spiro atoms. The van der Waals surface area contributed by atoms with Gasteiger partial charge in [-0.25, -0.2) is 14.6 Å². The number of hydrogen-bond donors (Lipinski definition) is 2. The fourth-order valence-electron chi connectivity index (χ4n) is 3.06. The van der Waals surface area contributed by atoms with Crippen LogP contribution in [-0.4, -0.2) is 50.9 Å². The lowest BCUT2D eigenvalue weighted by Gasteiger charge is -2.18. The third-order valence-electron chi connectivity index (χ3n) is 4.30. The van der Waals surface area contributed by atoms with Crippen molar-refractivity contribution in [2.75, 3.05) is 6.54 Å². The van der Waals surface area contributed by atoms with Gasteiger partial charge < -0.3 is 14.9 Å². The van der Waals surface area contributed by atoms with Crippen LogP contribution in [0.4, 0.5) is 18.0 Å². The van der Waals surface area contributed by atoms with Gasteiger partial charge in [-0.3, -0.25) is 4.90 Å². The number of alkyl halides is 3. The van der Waals surface area contributed by atoms with Crippen LogP contribution in [0.5, 0.6) is 5.75 Å². The number of aliphatic carboxylic acids is 1. The Labute approximate surface area is 151 Å². The summed E-state index contributed by atoms with van der Waals surface area (Å²) in [6, 6.07) is 4.09. The predicted octanol–water partition coefficient (Wildman–Crippen LogP) is 3.15. The van der Waals surface area contributed by atoms with E-state index in [0.29, 0.717) is 10.3 Å². The molecule has 1 amide bonds. The first-order valence-corrected chi connectivity index (χ1v) is 7.94. The number of ether oxygens (including phenoxy) is 1. The highest BCUT2D eigenvalue weighted by Gasteiger charge is 2.41. The van der Waals surface area contributed by atoms with Crippen LogP contribution in [0.2, 0.25) is 0 Å². The maximum atomic E-state index is 13.1. The number of pyridine rings is 1. The Hall–Kier alpha value is -3.04. The first-order chi connectivity index (χ1) is 12.6. The summed E-state index contributed by atoms with van der Waals surface area (Å²) in [5, 5.41) is 18.6. The maximum absolute atomic E-state index is 13.1. The molecule has 2 heterocycles. The molecule has 7 nitrogen and oxygen atoms in total. The van der Waals surface area contributed by atoms with E-state index < -0.39 is 36.1 Å². The van der Waals surface area contributed by atoms with E-state index in [0.717, 1.165) is 11.6 Å². The Bertz CT molecular complexity index is 893. The number of likely N-dealkylation sites (tertiary alicyclic amines) is 1. The van der Waals surface area contributed by atoms with Gasteiger partial charge in [0.15, 0.2) is 0 Å². The second-order valence-electron chi connectivity index (χ2n) is 6.29. The molecule has 2 atom stereocenters. The van der Waals surface area contributed by atoms with Crippen molar-refractivity contribution >= 4 is 23.0 Å². The van der Waals surface area contributed by atoms with Gasteiger partial charge >= 0.3 is 18.2 Å². The molecule has 0 aliphatic carbocycles. The number of hydrogen-bond acceptors (Lipinski definition) is 4. The van der Waals surface area contributed by atoms with E-state index in [1.54, 1.807) is 19.1 Å². The van der Waals surface area contributed by atoms with Crippen molar-refractivity contribution in [3.63, 3.8) is 0 Å². The highest BCUT2D eigenvalue weighted by atomic mass is 19.4. The van der Waals surface area contributed by atoms with Crippen molar-refractivity contribution in [1.29, 1.82) is 0 Å². The Morgan fingerprint density at radius 3 is 2.52 bits per heavy atom. The fraction of sp³-hybridized carbons (Fsp3) is 0.353. The Balaban J connectivity index is 2.00. The number of halogens is 3. The zero-order chi connectivity index (χ0) is 19.9. The molecule has 10 heteroatoms. The number of fused-ring (bicyclic) bond motifs is 1. The van der Waals surface area contributed by atoms with Gasteiger partial charge in [0.1, 0.15) is 23.6 Å². The van der Waals surface area contributed by atoms with Gasteiger partial charge in [0, 0.05) is 17.9 Å². The predicted molar refractivity (Wildman–Crippen MR) is 86.7 cm³/mol. The number of aryl methyl sites for hydroxylation is 1. The molecule has 2 aromatic rings. The van der Waals surface area contributed by atoms with E-state index in [9.17, 15) is 22.8 Å². The van der Waals surface area contributed by atoms with Gasteiger partial charge in [0.25, 0.3) is 0 Å². The molecule has 1 aliphatic rings. The second kappa shape index (κ2) is 6.60. The second-order valence-corrected chi connectivity index (χ2v) is 6.29. The molecule has 1 aromatic heterocycles. The molecule has 144 valence electrons. The van der Waals surface area contributed by atoms with E-state index in [1.807, 2.05) is 0 Å². The van der Waals surface area contributed by atoms with Crippen LogP contribution < -0.4 is 4.74 Å². The van der Waals surface area contributed by atoms with Crippen LogP contribution in [0, 0.1) is 6.92 Å². The van der Waals surface area contributed by atoms with Gasteiger partial charge in [-0.05, 0) is 19.1 Å². The summed E-state index contributed by atoms with van der Waals surface area (Å²) in [6.07, 6.45) is -7.18. The fourth-order valence-corrected chi connectivity index (χ4v) is 3.06. The molecule has 27 heavy (non-hydrogen) atoms. The third-order valence-corrected chi connectivity index (χ3v) is 4.30. The van der Waals surface area contributed by atoms with Gasteiger partial charge in [0.2, 0.25) is 0 Å². The van der Waals surface area contributed by atoms with Crippen molar-refractivity contribution in [3.8, 4) is 5.75 Å². The molecule has 2 unspecified atom stereocenters. The molecule has 1 aromatic carbocycles. The van der Waals surface area contributed by atoms with Crippen molar-refractivity contribution in [2.24, 2.45) is 0 Å². The lowest BCUT2D eigenvalue weighted by Crippen LogP contribution is -2.39. The normalized spacial score (nSPS) is 20.1. The van der Waals surface area contributed by atoms with E-state index in [4.69, 9.17) is 14.9 Å². The van der Waals surface area contributed by atoms with Gasteiger partial charge in [-0.15, -0.1) is 0 Å². The van der Waals surface area contributed by atoms with Crippen molar-refractivity contribution in [2.45, 2.75) is 31.7 Å². The summed E-state index contributed by atoms with van der Waals surface area (Å²) in [7, 11) is 0. The lowest BCUT2D eigenvalue weighted by molar-refractivity contribution is -0.142. The maximum Gasteiger partial charge on any atom is 0.433 e. The SMILES string of the molecule is Cc1ccc2nc(C(F)(F)F)cc(OC3CC(C(=O)O)N(C(=O)O)C3)c2c1. The Morgan fingerprint density at radius 2 is 1.96 bits per heavy atom. The quantitative estimate of drug-likeness (QED) is 0.843. The smallest absolute Gasteiger partial charge is 0.433 e. The molecule has 1 aliphatic heterocycles. The van der Waals surface area contributed by atoms with Gasteiger partial charge in [-0.1, -0.05) is 11.6 Å². The molecular formula is C17H15F3N2O5. The van der Waals surface area contributed by atoms with Crippen molar-refractivity contribution < 1.29 is 37.7 Å². The molecule has 1 fully saturated rings. The molecule has 0 bridgehead atoms. The van der Waals surface area contributed by atoms with Crippen LogP contribution in [0.1, 0.15) is 17.7 Å². The van der Waals surface area contributed by atoms with Crippen molar-refractivity contribution in [1.82, 2.24) is 9.88 Å². The van der Waals surface area contributed by atoms with Gasteiger partial charge in [0.05, 0.1) is 12.1 Å². The average Bonchev–Trinajstić information content (AvgIpc) is 2.98. The summed E-state index contributed by atoms with van der Waals surface area (Å²) in [5.74, 6) is -1.45. The minimum Gasteiger partial charge on any atom is -0.488 e. The summed E-state index contributed by atoms with van der Waals surface area (Å²) >= 11 is 0. The Kier molecular flexibility index (Phi) is 4.58. The Morgan fingerprint density at radius 1 is 1.26 bits per heavy atom. The highest BCUT2D eigenvalue weighted by Crippen LogP contribution is 2.36. The average molecular weight is 384 g/mol. The molecule has 2 N–H and O–H groups in total. The van der Waals surface area contributed by atoms with Crippen molar-refractivity contribution in [3.05, 3.63) is 35.5 Å². The first-order valence-electron chi connectivity index (χ1n) is 7.94. The number of benzene rings is 1. The van der Waals surface area contributed by atoms with Crippen LogP contribution in [-0.2, 0) is 11.0 Å². The van der Waals surface area contributed by atoms with Crippen LogP contribution in [0.25, 0.3) is 10.9 Å². The van der Waals surface area contributed by atoms with E-state index in [-0.39, 0.29) is 24.2 Å². The number of carboxylic acids is 1. The largest absolute Gasteiger partial charge is 0.488 e. The number of carboxylic acid groups (broad SMARTS) is 2. The van der Waals surface area contributed by atoms with Crippen LogP contribution in [0.15, 0.2) is 24.3 Å². The standard InChI is InChI=1S/C17H15F3N2O5/c1-8-2-3-11-10(4-8)13(6-14(21-11)17(18,19)20)27-9-5-12(15(23)24)22(7-9)16(25)26/h2-4,6,9,12H,5,7H2,1H3,(H,23,24)(H,25,26). The molecule has 0 saturated carbocycles. The zero-order valence-electron chi connectivity index (χ0n) is 14.0. The number of aromatic nitrogens is 1. The molecular weight excluding hydrogens is 369 g/mol. The topological polar surface area (TPSA) is 100.0 Å². The summed E-state index contributed by atoms with van der Waals surface area (Å²) < 4.78 is 45.1. The van der Waals surface area contributed by atoms with E-state index >= 15 is 0 Å². The number of rotatable bonds is 3. The number of nitrogens with zero attached hydrogens (tertiary/aromatic N) is 2. The van der Waals surface area contributed by atoms with Crippen LogP contribution >= 0.6 is 0 Å². The number of amides is 1. The van der Waals surface area contributed by atoms with Crippen LogP contribution in [0.3, 0.4) is 0 Å². The zero-order valence-corrected chi connectivity index (χ0v) is 14.0. The summed E-state index contributed by atoms with van der Waals surface area (Å²) in [5.41, 5.74) is -0.291. The summed E-state index contributed by atoms with van der Waals surface area (Å²) in [4.78, 5) is 26.7. The van der Waals surface area contributed by atoms with E-state index in [1.165, 1.54) is 6.07 Å². The molecule has 1 saturated heterocycles. The van der Waals surface area contributed by atoms with Gasteiger partial charge in [-0.2, -0.15) is 13.2 Å². The third kappa shape index (κ3) is 3.74.